The highest BCUT2D eigenvalue weighted by atomic mass is 32.2. The number of benzene rings is 3. The van der Waals surface area contributed by atoms with Crippen molar-refractivity contribution in [3.05, 3.63) is 83.7 Å². The normalized spacial score (nSPS) is 12.8. The molecule has 0 aromatic heterocycles. The molecule has 28 heavy (non-hydrogen) atoms. The third kappa shape index (κ3) is 3.53. The van der Waals surface area contributed by atoms with Crippen LogP contribution in [-0.4, -0.2) is 15.2 Å². The zero-order valence-electron chi connectivity index (χ0n) is 15.1. The number of fused-ring (bicyclic) bond motifs is 1. The summed E-state index contributed by atoms with van der Waals surface area (Å²) in [6.45, 7) is 1.96. The van der Waals surface area contributed by atoms with Crippen LogP contribution in [0.1, 0.15) is 11.1 Å². The Morgan fingerprint density at radius 1 is 0.964 bits per heavy atom. The summed E-state index contributed by atoms with van der Waals surface area (Å²) in [5.74, 6) is 0.610. The molecule has 0 bridgehead atoms. The maximum Gasteiger partial charge on any atom is 0.264 e. The van der Waals surface area contributed by atoms with E-state index in [1.807, 2.05) is 6.92 Å². The van der Waals surface area contributed by atoms with Gasteiger partial charge in [-0.05, 0) is 48.9 Å². The van der Waals surface area contributed by atoms with Crippen LogP contribution in [0.25, 0.3) is 0 Å². The first kappa shape index (κ1) is 18.3. The van der Waals surface area contributed by atoms with E-state index in [-0.39, 0.29) is 18.2 Å². The Labute approximate surface area is 163 Å². The number of anilines is 1. The van der Waals surface area contributed by atoms with Gasteiger partial charge in [-0.15, -0.1) is 0 Å². The van der Waals surface area contributed by atoms with Gasteiger partial charge in [0.05, 0.1) is 17.1 Å². The van der Waals surface area contributed by atoms with Crippen molar-refractivity contribution in [3.8, 4) is 11.5 Å². The number of rotatable bonds is 5. The predicted molar refractivity (Wildman–Crippen MR) is 104 cm³/mol. The van der Waals surface area contributed by atoms with Gasteiger partial charge in [0, 0.05) is 6.07 Å². The van der Waals surface area contributed by atoms with Crippen LogP contribution in [0.4, 0.5) is 10.1 Å². The van der Waals surface area contributed by atoms with E-state index in [2.05, 4.69) is 0 Å². The summed E-state index contributed by atoms with van der Waals surface area (Å²) < 4.78 is 52.4. The average Bonchev–Trinajstić information content (AvgIpc) is 3.14. The number of sulfonamides is 1. The molecule has 0 N–H and O–H groups in total. The summed E-state index contributed by atoms with van der Waals surface area (Å²) >= 11 is 0. The SMILES string of the molecule is Cc1ccc(S(=O)(=O)N(Cc2cccc(F)c2)c2ccc3c(c2)OCO3)cc1. The van der Waals surface area contributed by atoms with Gasteiger partial charge in [0.1, 0.15) is 5.82 Å². The molecule has 0 aliphatic carbocycles. The monoisotopic (exact) mass is 399 g/mol. The van der Waals surface area contributed by atoms with Crippen LogP contribution in [0.3, 0.4) is 0 Å². The van der Waals surface area contributed by atoms with Crippen molar-refractivity contribution >= 4 is 15.7 Å². The molecule has 144 valence electrons. The number of ether oxygens (including phenoxy) is 2. The second-order valence-corrected chi connectivity index (χ2v) is 8.35. The highest BCUT2D eigenvalue weighted by molar-refractivity contribution is 7.92. The first-order chi connectivity index (χ1) is 13.4. The fourth-order valence-electron chi connectivity index (χ4n) is 2.99. The quantitative estimate of drug-likeness (QED) is 0.643. The number of hydrogen-bond donors (Lipinski definition) is 0. The van der Waals surface area contributed by atoms with E-state index in [4.69, 9.17) is 9.47 Å². The number of hydrogen-bond acceptors (Lipinski definition) is 4. The highest BCUT2D eigenvalue weighted by Crippen LogP contribution is 2.37. The molecule has 3 aromatic rings. The van der Waals surface area contributed by atoms with Crippen LogP contribution in [0.2, 0.25) is 0 Å². The minimum absolute atomic E-state index is 0.0202. The molecule has 3 aromatic carbocycles. The van der Waals surface area contributed by atoms with Gasteiger partial charge < -0.3 is 9.47 Å². The van der Waals surface area contributed by atoms with Crippen LogP contribution in [0.5, 0.6) is 11.5 Å². The summed E-state index contributed by atoms with van der Waals surface area (Å²) in [6.07, 6.45) is 0. The lowest BCUT2D eigenvalue weighted by Gasteiger charge is -2.25. The van der Waals surface area contributed by atoms with E-state index < -0.39 is 15.8 Å². The van der Waals surface area contributed by atoms with Gasteiger partial charge in [0.25, 0.3) is 10.0 Å². The van der Waals surface area contributed by atoms with E-state index in [1.165, 1.54) is 16.4 Å². The highest BCUT2D eigenvalue weighted by Gasteiger charge is 2.27. The molecule has 1 aliphatic rings. The van der Waals surface area contributed by atoms with Crippen molar-refractivity contribution in [2.75, 3.05) is 11.1 Å². The molecular formula is C21H18FNO4S. The Balaban J connectivity index is 1.80. The average molecular weight is 399 g/mol. The molecule has 0 amide bonds. The Morgan fingerprint density at radius 3 is 2.46 bits per heavy atom. The zero-order valence-corrected chi connectivity index (χ0v) is 15.9. The maximum absolute atomic E-state index is 13.7. The van der Waals surface area contributed by atoms with Crippen molar-refractivity contribution in [2.45, 2.75) is 18.4 Å². The van der Waals surface area contributed by atoms with Gasteiger partial charge in [-0.1, -0.05) is 29.8 Å². The van der Waals surface area contributed by atoms with Crippen molar-refractivity contribution in [3.63, 3.8) is 0 Å². The van der Waals surface area contributed by atoms with E-state index in [1.54, 1.807) is 54.6 Å². The lowest BCUT2D eigenvalue weighted by Crippen LogP contribution is -2.30. The van der Waals surface area contributed by atoms with E-state index >= 15 is 0 Å². The molecule has 0 saturated carbocycles. The van der Waals surface area contributed by atoms with Crippen molar-refractivity contribution in [1.82, 2.24) is 0 Å². The largest absolute Gasteiger partial charge is 0.454 e. The second kappa shape index (κ2) is 7.16. The smallest absolute Gasteiger partial charge is 0.264 e. The molecule has 1 aliphatic heterocycles. The molecule has 0 atom stereocenters. The molecule has 7 heteroatoms. The molecule has 0 spiro atoms. The summed E-state index contributed by atoms with van der Waals surface area (Å²) in [5.41, 5.74) is 1.90. The lowest BCUT2D eigenvalue weighted by atomic mass is 10.2. The number of nitrogens with zero attached hydrogens (tertiary/aromatic N) is 1. The van der Waals surface area contributed by atoms with Gasteiger partial charge in [0.15, 0.2) is 11.5 Å². The molecule has 0 fully saturated rings. The molecule has 5 nitrogen and oxygen atoms in total. The fourth-order valence-corrected chi connectivity index (χ4v) is 4.44. The minimum atomic E-state index is -3.88. The molecular weight excluding hydrogens is 381 g/mol. The summed E-state index contributed by atoms with van der Waals surface area (Å²) in [6, 6.07) is 17.4. The third-order valence-electron chi connectivity index (χ3n) is 4.47. The third-order valence-corrected chi connectivity index (χ3v) is 6.26. The Hall–Kier alpha value is -3.06. The van der Waals surface area contributed by atoms with Crippen LogP contribution >= 0.6 is 0 Å². The first-order valence-electron chi connectivity index (χ1n) is 8.67. The molecule has 1 heterocycles. The van der Waals surface area contributed by atoms with Crippen molar-refractivity contribution in [2.24, 2.45) is 0 Å². The van der Waals surface area contributed by atoms with Gasteiger partial charge in [-0.25, -0.2) is 12.8 Å². The summed E-state index contributed by atoms with van der Waals surface area (Å²) in [4.78, 5) is 0.159. The number of halogens is 1. The molecule has 0 unspecified atom stereocenters. The van der Waals surface area contributed by atoms with Crippen LogP contribution < -0.4 is 13.8 Å². The maximum atomic E-state index is 13.7. The summed E-state index contributed by atoms with van der Waals surface area (Å²) in [7, 11) is -3.88. The van der Waals surface area contributed by atoms with Gasteiger partial charge >= 0.3 is 0 Å². The topological polar surface area (TPSA) is 55.8 Å². The minimum Gasteiger partial charge on any atom is -0.454 e. The second-order valence-electron chi connectivity index (χ2n) is 6.49. The van der Waals surface area contributed by atoms with Crippen LogP contribution in [-0.2, 0) is 16.6 Å². The Kier molecular flexibility index (Phi) is 4.68. The van der Waals surface area contributed by atoms with Crippen molar-refractivity contribution < 1.29 is 22.3 Å². The van der Waals surface area contributed by atoms with Crippen LogP contribution in [0, 0.1) is 12.7 Å². The van der Waals surface area contributed by atoms with E-state index in [0.717, 1.165) is 5.56 Å². The fraction of sp³-hybridized carbons (Fsp3) is 0.143. The lowest BCUT2D eigenvalue weighted by molar-refractivity contribution is 0.174. The van der Waals surface area contributed by atoms with Gasteiger partial charge in [0.2, 0.25) is 6.79 Å². The Bertz CT molecular complexity index is 1110. The van der Waals surface area contributed by atoms with Crippen LogP contribution in [0.15, 0.2) is 71.6 Å². The van der Waals surface area contributed by atoms with Crippen molar-refractivity contribution in [1.29, 1.82) is 0 Å². The van der Waals surface area contributed by atoms with Gasteiger partial charge in [-0.3, -0.25) is 4.31 Å². The molecule has 4 rings (SSSR count). The summed E-state index contributed by atoms with van der Waals surface area (Å²) in [5, 5.41) is 0. The Morgan fingerprint density at radius 2 is 1.71 bits per heavy atom. The van der Waals surface area contributed by atoms with Gasteiger partial charge in [-0.2, -0.15) is 0 Å². The predicted octanol–water partition coefficient (Wildman–Crippen LogP) is 4.26. The van der Waals surface area contributed by atoms with E-state index in [0.29, 0.717) is 22.7 Å². The molecule has 0 radical (unpaired) electrons. The standard InChI is InChI=1S/C21H18FNO4S/c1-15-5-8-19(9-6-15)28(24,25)23(13-16-3-2-4-17(22)11-16)18-7-10-20-21(12-18)27-14-26-20/h2-12H,13-14H2,1H3. The van der Waals surface area contributed by atoms with E-state index in [9.17, 15) is 12.8 Å². The number of aryl methyl sites for hydroxylation is 1. The molecule has 0 saturated heterocycles. The zero-order chi connectivity index (χ0) is 19.7. The first-order valence-corrected chi connectivity index (χ1v) is 10.1.